The number of aromatic nitrogens is 2. The van der Waals surface area contributed by atoms with Gasteiger partial charge in [0, 0.05) is 13.2 Å². The Kier molecular flexibility index (Phi) is 1.65. The molecule has 2 heterocycles. The van der Waals surface area contributed by atoms with Gasteiger partial charge in [0.15, 0.2) is 11.4 Å². The molecule has 0 N–H and O–H groups in total. The van der Waals surface area contributed by atoms with Crippen LogP contribution in [0.25, 0.3) is 22.1 Å². The van der Waals surface area contributed by atoms with Gasteiger partial charge in [0.1, 0.15) is 5.39 Å². The number of para-hydroxylation sites is 1. The molecule has 0 saturated carbocycles. The quantitative estimate of drug-likeness (QED) is 0.578. The normalized spacial score (nSPS) is 11.4. The largest absolute Gasteiger partial charge is 0.433 e. The molecule has 4 nitrogen and oxygen atoms in total. The van der Waals surface area contributed by atoms with Crippen LogP contribution in [0.15, 0.2) is 33.6 Å². The van der Waals surface area contributed by atoms with Crippen molar-refractivity contribution >= 4 is 22.1 Å². The summed E-state index contributed by atoms with van der Waals surface area (Å²) in [6, 6.07) is 4.27. The van der Waals surface area contributed by atoms with Crippen LogP contribution >= 0.6 is 0 Å². The van der Waals surface area contributed by atoms with Gasteiger partial charge in [-0.15, -0.1) is 5.10 Å². The number of nitrogens with zero attached hydrogens (tertiary/aromatic N) is 2. The average Bonchev–Trinajstić information content (AvgIpc) is 2.61. The molecule has 5 heteroatoms. The highest BCUT2D eigenvalue weighted by Crippen LogP contribution is 2.19. The summed E-state index contributed by atoms with van der Waals surface area (Å²) in [5.41, 5.74) is -0.146. The highest BCUT2D eigenvalue weighted by atomic mass is 19.1. The minimum Gasteiger partial charge on any atom is -0.433 e. The van der Waals surface area contributed by atoms with Crippen LogP contribution in [0.1, 0.15) is 0 Å². The van der Waals surface area contributed by atoms with Crippen molar-refractivity contribution < 1.29 is 8.81 Å². The molecule has 1 aromatic carbocycles. The first-order valence-electron chi connectivity index (χ1n) is 4.71. The van der Waals surface area contributed by atoms with E-state index in [4.69, 9.17) is 4.42 Å². The molecule has 2 aromatic heterocycles. The molecule has 0 aliphatic carbocycles. The first-order chi connectivity index (χ1) is 7.66. The molecular weight excluding hydrogens is 211 g/mol. The summed E-state index contributed by atoms with van der Waals surface area (Å²) in [6.45, 7) is 0. The Morgan fingerprint density at radius 1 is 1.38 bits per heavy atom. The van der Waals surface area contributed by atoms with Gasteiger partial charge in [-0.1, -0.05) is 6.07 Å². The van der Waals surface area contributed by atoms with E-state index in [9.17, 15) is 9.18 Å². The molecule has 3 aromatic rings. The van der Waals surface area contributed by atoms with Crippen molar-refractivity contribution in [3.63, 3.8) is 0 Å². The summed E-state index contributed by atoms with van der Waals surface area (Å²) >= 11 is 0. The fraction of sp³-hybridized carbons (Fsp3) is 0.0909. The van der Waals surface area contributed by atoms with E-state index in [1.807, 2.05) is 0 Å². The lowest BCUT2D eigenvalue weighted by Gasteiger charge is -1.96. The van der Waals surface area contributed by atoms with Crippen molar-refractivity contribution in [1.82, 2.24) is 9.78 Å². The molecule has 0 fully saturated rings. The molecule has 0 atom stereocenters. The second kappa shape index (κ2) is 2.91. The molecule has 16 heavy (non-hydrogen) atoms. The van der Waals surface area contributed by atoms with Gasteiger partial charge in [-0.3, -0.25) is 9.48 Å². The lowest BCUT2D eigenvalue weighted by Crippen LogP contribution is -2.01. The van der Waals surface area contributed by atoms with Gasteiger partial charge in [-0.2, -0.15) is 0 Å². The number of hydrogen-bond donors (Lipinski definition) is 0. The predicted molar refractivity (Wildman–Crippen MR) is 56.7 cm³/mol. The van der Waals surface area contributed by atoms with Crippen LogP contribution in [0.2, 0.25) is 0 Å². The monoisotopic (exact) mass is 218 g/mol. The lowest BCUT2D eigenvalue weighted by atomic mass is 10.2. The number of benzene rings is 1. The van der Waals surface area contributed by atoms with E-state index in [0.717, 1.165) is 0 Å². The number of aryl methyl sites for hydroxylation is 1. The molecular formula is C11H7FN2O2. The lowest BCUT2D eigenvalue weighted by molar-refractivity contribution is 0.568. The van der Waals surface area contributed by atoms with Crippen LogP contribution in [0.3, 0.4) is 0 Å². The van der Waals surface area contributed by atoms with Crippen molar-refractivity contribution in [2.75, 3.05) is 0 Å². The smallest absolute Gasteiger partial charge is 0.249 e. The van der Waals surface area contributed by atoms with Crippen molar-refractivity contribution in [3.05, 3.63) is 40.4 Å². The SMILES string of the molecule is Cn1cc2c(=O)c3cccc(F)c3oc2n1. The van der Waals surface area contributed by atoms with Crippen LogP contribution in [-0.2, 0) is 7.05 Å². The third kappa shape index (κ3) is 1.08. The molecule has 0 unspecified atom stereocenters. The molecule has 0 amide bonds. The van der Waals surface area contributed by atoms with Gasteiger partial charge < -0.3 is 4.42 Å². The zero-order valence-corrected chi connectivity index (χ0v) is 8.40. The summed E-state index contributed by atoms with van der Waals surface area (Å²) in [6.07, 6.45) is 1.56. The Morgan fingerprint density at radius 2 is 2.19 bits per heavy atom. The van der Waals surface area contributed by atoms with Crippen molar-refractivity contribution in [2.45, 2.75) is 0 Å². The Labute approximate surface area is 88.9 Å². The van der Waals surface area contributed by atoms with E-state index in [-0.39, 0.29) is 22.1 Å². The van der Waals surface area contributed by atoms with E-state index in [1.165, 1.54) is 22.9 Å². The van der Waals surface area contributed by atoms with E-state index in [1.54, 1.807) is 13.2 Å². The van der Waals surface area contributed by atoms with Crippen LogP contribution in [-0.4, -0.2) is 9.78 Å². The van der Waals surface area contributed by atoms with E-state index in [0.29, 0.717) is 5.39 Å². The van der Waals surface area contributed by atoms with Gasteiger partial charge in [-0.25, -0.2) is 4.39 Å². The molecule has 3 rings (SSSR count). The Hall–Kier alpha value is -2.17. The van der Waals surface area contributed by atoms with E-state index >= 15 is 0 Å². The van der Waals surface area contributed by atoms with Crippen LogP contribution in [0.5, 0.6) is 0 Å². The van der Waals surface area contributed by atoms with Gasteiger partial charge in [-0.05, 0) is 12.1 Å². The molecule has 0 radical (unpaired) electrons. The molecule has 0 aliphatic rings. The number of hydrogen-bond acceptors (Lipinski definition) is 3. The second-order valence-electron chi connectivity index (χ2n) is 3.57. The zero-order valence-electron chi connectivity index (χ0n) is 8.40. The summed E-state index contributed by atoms with van der Waals surface area (Å²) < 4.78 is 20.2. The molecule has 0 bridgehead atoms. The minimum atomic E-state index is -0.554. The Morgan fingerprint density at radius 3 is 3.00 bits per heavy atom. The zero-order chi connectivity index (χ0) is 11.3. The highest BCUT2D eigenvalue weighted by molar-refractivity contribution is 5.87. The van der Waals surface area contributed by atoms with Gasteiger partial charge in [0.2, 0.25) is 11.1 Å². The molecule has 0 saturated heterocycles. The van der Waals surface area contributed by atoms with E-state index in [2.05, 4.69) is 5.10 Å². The number of fused-ring (bicyclic) bond motifs is 2. The van der Waals surface area contributed by atoms with Crippen LogP contribution in [0, 0.1) is 5.82 Å². The molecule has 80 valence electrons. The van der Waals surface area contributed by atoms with Gasteiger partial charge in [0.05, 0.1) is 5.39 Å². The maximum atomic E-state index is 13.4. The van der Waals surface area contributed by atoms with Gasteiger partial charge in [0.25, 0.3) is 0 Å². The average molecular weight is 218 g/mol. The van der Waals surface area contributed by atoms with E-state index < -0.39 is 5.82 Å². The summed E-state index contributed by atoms with van der Waals surface area (Å²) in [5, 5.41) is 4.55. The summed E-state index contributed by atoms with van der Waals surface area (Å²) in [4.78, 5) is 12.0. The van der Waals surface area contributed by atoms with Crippen LogP contribution in [0.4, 0.5) is 4.39 Å². The summed E-state index contributed by atoms with van der Waals surface area (Å²) in [7, 11) is 1.68. The summed E-state index contributed by atoms with van der Waals surface area (Å²) in [5.74, 6) is -0.554. The van der Waals surface area contributed by atoms with Gasteiger partial charge >= 0.3 is 0 Å². The minimum absolute atomic E-state index is 0.0429. The Bertz CT molecular complexity index is 758. The number of halogens is 1. The maximum Gasteiger partial charge on any atom is 0.249 e. The first-order valence-corrected chi connectivity index (χ1v) is 4.71. The van der Waals surface area contributed by atoms with Crippen molar-refractivity contribution in [1.29, 1.82) is 0 Å². The third-order valence-electron chi connectivity index (χ3n) is 2.45. The second-order valence-corrected chi connectivity index (χ2v) is 3.57. The Balaban J connectivity index is 2.65. The maximum absolute atomic E-state index is 13.4. The van der Waals surface area contributed by atoms with Crippen molar-refractivity contribution in [2.24, 2.45) is 7.05 Å². The first kappa shape index (κ1) is 9.08. The number of rotatable bonds is 0. The highest BCUT2D eigenvalue weighted by Gasteiger charge is 2.12. The fourth-order valence-corrected chi connectivity index (χ4v) is 1.73. The van der Waals surface area contributed by atoms with Crippen molar-refractivity contribution in [3.8, 4) is 0 Å². The fourth-order valence-electron chi connectivity index (χ4n) is 1.73. The molecule has 0 spiro atoms. The predicted octanol–water partition coefficient (Wildman–Crippen LogP) is 1.82. The van der Waals surface area contributed by atoms with Crippen LogP contribution < -0.4 is 5.43 Å². The molecule has 0 aliphatic heterocycles. The standard InChI is InChI=1S/C11H7FN2O2/c1-14-5-7-9(15)6-3-2-4-8(12)10(6)16-11(7)13-14/h2-5H,1H3. The topological polar surface area (TPSA) is 48.0 Å². The third-order valence-corrected chi connectivity index (χ3v) is 2.45.